The summed E-state index contributed by atoms with van der Waals surface area (Å²) < 4.78 is 11.5. The molecule has 20 heavy (non-hydrogen) atoms. The fraction of sp³-hybridized carbons (Fsp3) is 0.533. The van der Waals surface area contributed by atoms with Crippen molar-refractivity contribution in [2.45, 2.75) is 45.5 Å². The van der Waals surface area contributed by atoms with Gasteiger partial charge in [0.15, 0.2) is 5.90 Å². The van der Waals surface area contributed by atoms with Crippen molar-refractivity contribution in [2.24, 2.45) is 0 Å². The van der Waals surface area contributed by atoms with E-state index in [9.17, 15) is 0 Å². The van der Waals surface area contributed by atoms with Crippen molar-refractivity contribution in [3.05, 3.63) is 29.8 Å². The van der Waals surface area contributed by atoms with Crippen molar-refractivity contribution in [1.82, 2.24) is 0 Å². The first kappa shape index (κ1) is 17.0. The number of nitrogens with one attached hydrogen (secondary N) is 1. The van der Waals surface area contributed by atoms with Gasteiger partial charge < -0.3 is 9.16 Å². The molecule has 1 rings (SSSR count). The van der Waals surface area contributed by atoms with Crippen LogP contribution in [0.3, 0.4) is 0 Å². The second kappa shape index (κ2) is 6.63. The van der Waals surface area contributed by atoms with Gasteiger partial charge in [-0.1, -0.05) is 32.9 Å². The van der Waals surface area contributed by atoms with Gasteiger partial charge in [-0.05, 0) is 35.8 Å². The maximum atomic E-state index is 7.39. The Morgan fingerprint density at radius 1 is 1.30 bits per heavy atom. The third-order valence-corrected chi connectivity index (χ3v) is 8.21. The van der Waals surface area contributed by atoms with E-state index in [1.165, 1.54) is 0 Å². The average Bonchev–Trinajstić information content (AvgIpc) is 2.34. The molecule has 0 bridgehead atoms. The first-order valence-electron chi connectivity index (χ1n) is 6.70. The normalized spacial score (nSPS) is 12.1. The van der Waals surface area contributed by atoms with Gasteiger partial charge >= 0.3 is 0 Å². The van der Waals surface area contributed by atoms with Crippen LogP contribution in [0.4, 0.5) is 0 Å². The topological polar surface area (TPSA) is 42.3 Å². The number of alkyl halides is 1. The summed E-state index contributed by atoms with van der Waals surface area (Å²) in [5.41, 5.74) is 0.982. The minimum Gasteiger partial charge on any atom is -0.543 e. The Labute approximate surface area is 127 Å². The summed E-state index contributed by atoms with van der Waals surface area (Å²) >= 11 is 5.52. The second-order valence-electron chi connectivity index (χ2n) is 6.36. The second-order valence-corrected chi connectivity index (χ2v) is 11.3. The smallest absolute Gasteiger partial charge is 0.250 e. The highest BCUT2D eigenvalue weighted by molar-refractivity contribution is 6.74. The van der Waals surface area contributed by atoms with E-state index < -0.39 is 8.32 Å². The molecule has 1 aromatic carbocycles. The molecule has 0 fully saturated rings. The first-order chi connectivity index (χ1) is 9.15. The monoisotopic (exact) mass is 313 g/mol. The molecule has 0 spiro atoms. The standard InChI is InChI=1S/C15H24ClNO2Si/c1-15(2,3)20(4,5)19-13-8-6-7-12(9-13)11-18-14(17)10-16/h6-9,17H,10-11H2,1-5H3. The van der Waals surface area contributed by atoms with Gasteiger partial charge in [0.2, 0.25) is 8.32 Å². The van der Waals surface area contributed by atoms with Crippen LogP contribution >= 0.6 is 11.6 Å². The maximum absolute atomic E-state index is 7.39. The van der Waals surface area contributed by atoms with Gasteiger partial charge in [-0.3, -0.25) is 5.41 Å². The minimum atomic E-state index is -1.82. The molecule has 112 valence electrons. The third kappa shape index (κ3) is 4.83. The Bertz CT molecular complexity index is 469. The summed E-state index contributed by atoms with van der Waals surface area (Å²) in [6.45, 7) is 11.4. The van der Waals surface area contributed by atoms with Gasteiger partial charge in [0.05, 0.1) is 5.88 Å². The summed E-state index contributed by atoms with van der Waals surface area (Å²) in [6.07, 6.45) is 0. The Morgan fingerprint density at radius 2 is 1.95 bits per heavy atom. The van der Waals surface area contributed by atoms with E-state index in [1.807, 2.05) is 24.3 Å². The number of hydrogen-bond donors (Lipinski definition) is 1. The molecule has 0 saturated heterocycles. The molecule has 0 saturated carbocycles. The lowest BCUT2D eigenvalue weighted by molar-refractivity contribution is 0.287. The van der Waals surface area contributed by atoms with Crippen molar-refractivity contribution in [1.29, 1.82) is 5.41 Å². The predicted octanol–water partition coefficient (Wildman–Crippen LogP) is 4.80. The van der Waals surface area contributed by atoms with E-state index in [2.05, 4.69) is 33.9 Å². The van der Waals surface area contributed by atoms with Gasteiger partial charge in [-0.25, -0.2) is 0 Å². The quantitative estimate of drug-likeness (QED) is 0.367. The molecule has 0 atom stereocenters. The third-order valence-electron chi connectivity index (χ3n) is 3.61. The Morgan fingerprint density at radius 3 is 2.50 bits per heavy atom. The largest absolute Gasteiger partial charge is 0.543 e. The zero-order valence-electron chi connectivity index (χ0n) is 12.9. The SMILES string of the molecule is CC(C)(C)[Si](C)(C)Oc1cccc(COC(=N)CCl)c1. The number of rotatable bonds is 5. The van der Waals surface area contributed by atoms with E-state index in [0.717, 1.165) is 11.3 Å². The van der Waals surface area contributed by atoms with Crippen LogP contribution < -0.4 is 4.43 Å². The van der Waals surface area contributed by atoms with Crippen LogP contribution in [0.25, 0.3) is 0 Å². The summed E-state index contributed by atoms with van der Waals surface area (Å²) in [4.78, 5) is 0. The van der Waals surface area contributed by atoms with Crippen LogP contribution in [-0.4, -0.2) is 20.1 Å². The molecule has 0 radical (unpaired) electrons. The molecule has 0 aliphatic rings. The summed E-state index contributed by atoms with van der Waals surface area (Å²) in [5.74, 6) is 1.05. The lowest BCUT2D eigenvalue weighted by Crippen LogP contribution is -2.43. The highest BCUT2D eigenvalue weighted by Gasteiger charge is 2.38. The molecule has 1 aromatic rings. The molecule has 0 aromatic heterocycles. The summed E-state index contributed by atoms with van der Waals surface area (Å²) in [5, 5.41) is 7.55. The van der Waals surface area contributed by atoms with Crippen molar-refractivity contribution in [3.8, 4) is 5.75 Å². The zero-order chi connectivity index (χ0) is 15.4. The van der Waals surface area contributed by atoms with Crippen molar-refractivity contribution in [3.63, 3.8) is 0 Å². The van der Waals surface area contributed by atoms with Gasteiger partial charge in [0.25, 0.3) is 0 Å². The molecule has 0 aliphatic carbocycles. The predicted molar refractivity (Wildman–Crippen MR) is 87.5 cm³/mol. The number of halogens is 1. The lowest BCUT2D eigenvalue weighted by Gasteiger charge is -2.36. The molecule has 0 heterocycles. The Balaban J connectivity index is 2.76. The molecule has 5 heteroatoms. The molecule has 0 amide bonds. The Kier molecular flexibility index (Phi) is 5.65. The van der Waals surface area contributed by atoms with E-state index in [4.69, 9.17) is 26.2 Å². The Hall–Kier alpha value is -1.00. The van der Waals surface area contributed by atoms with Crippen LogP contribution in [0.15, 0.2) is 24.3 Å². The molecule has 0 unspecified atom stereocenters. The molecular formula is C15H24ClNO2Si. The lowest BCUT2D eigenvalue weighted by atomic mass is 10.2. The number of benzene rings is 1. The van der Waals surface area contributed by atoms with Crippen molar-refractivity contribution in [2.75, 3.05) is 5.88 Å². The summed E-state index contributed by atoms with van der Waals surface area (Å²) in [6, 6.07) is 7.85. The van der Waals surface area contributed by atoms with Gasteiger partial charge in [-0.15, -0.1) is 11.6 Å². The van der Waals surface area contributed by atoms with E-state index in [0.29, 0.717) is 6.61 Å². The zero-order valence-corrected chi connectivity index (χ0v) is 14.7. The van der Waals surface area contributed by atoms with Crippen molar-refractivity contribution >= 4 is 25.8 Å². The molecule has 1 N–H and O–H groups in total. The molecular weight excluding hydrogens is 290 g/mol. The highest BCUT2D eigenvalue weighted by Crippen LogP contribution is 2.37. The van der Waals surface area contributed by atoms with Crippen LogP contribution in [0.2, 0.25) is 18.1 Å². The first-order valence-corrected chi connectivity index (χ1v) is 10.1. The van der Waals surface area contributed by atoms with Gasteiger partial charge in [0, 0.05) is 0 Å². The average molecular weight is 314 g/mol. The summed E-state index contributed by atoms with van der Waals surface area (Å²) in [7, 11) is -1.82. The fourth-order valence-electron chi connectivity index (χ4n) is 1.36. The fourth-order valence-corrected chi connectivity index (χ4v) is 2.46. The van der Waals surface area contributed by atoms with Gasteiger partial charge in [-0.2, -0.15) is 0 Å². The highest BCUT2D eigenvalue weighted by atomic mass is 35.5. The van der Waals surface area contributed by atoms with Crippen LogP contribution in [-0.2, 0) is 11.3 Å². The van der Waals surface area contributed by atoms with E-state index in [-0.39, 0.29) is 16.8 Å². The molecule has 3 nitrogen and oxygen atoms in total. The van der Waals surface area contributed by atoms with E-state index in [1.54, 1.807) is 0 Å². The maximum Gasteiger partial charge on any atom is 0.250 e. The molecule has 0 aliphatic heterocycles. The van der Waals surface area contributed by atoms with Crippen LogP contribution in [0.5, 0.6) is 5.75 Å². The number of ether oxygens (including phenoxy) is 1. The number of hydrogen-bond acceptors (Lipinski definition) is 3. The van der Waals surface area contributed by atoms with Crippen molar-refractivity contribution < 1.29 is 9.16 Å². The minimum absolute atomic E-state index is 0.0855. The van der Waals surface area contributed by atoms with E-state index >= 15 is 0 Å². The van der Waals surface area contributed by atoms with Crippen LogP contribution in [0, 0.1) is 5.41 Å². The van der Waals surface area contributed by atoms with Crippen LogP contribution in [0.1, 0.15) is 26.3 Å². The van der Waals surface area contributed by atoms with Gasteiger partial charge in [0.1, 0.15) is 12.4 Å².